The van der Waals surface area contributed by atoms with E-state index in [0.29, 0.717) is 0 Å². The summed E-state index contributed by atoms with van der Waals surface area (Å²) in [7, 11) is 0. The molecule has 43 heavy (non-hydrogen) atoms. The van der Waals surface area contributed by atoms with Gasteiger partial charge in [0.2, 0.25) is 0 Å². The maximum Gasteiger partial charge on any atom is 0.0725 e. The first kappa shape index (κ1) is 24.0. The molecule has 0 N–H and O–H groups in total. The summed E-state index contributed by atoms with van der Waals surface area (Å²) in [5.74, 6) is 0. The minimum Gasteiger partial charge on any atom is -0.135 e. The highest BCUT2D eigenvalue weighted by molar-refractivity contribution is 9.10. The Morgan fingerprint density at radius 2 is 0.977 bits per heavy atom. The molecule has 0 saturated carbocycles. The summed E-state index contributed by atoms with van der Waals surface area (Å²) < 4.78 is 3.77. The van der Waals surface area contributed by atoms with Crippen molar-refractivity contribution in [1.82, 2.24) is 0 Å². The zero-order valence-corrected chi connectivity index (χ0v) is 25.5. The second kappa shape index (κ2) is 8.54. The van der Waals surface area contributed by atoms with E-state index in [1.165, 1.54) is 86.6 Å². The third-order valence-electron chi connectivity index (χ3n) is 9.72. The molecule has 2 aliphatic carbocycles. The van der Waals surface area contributed by atoms with Crippen molar-refractivity contribution in [3.8, 4) is 33.4 Å². The van der Waals surface area contributed by atoms with Crippen molar-refractivity contribution in [2.45, 2.75) is 5.41 Å². The third kappa shape index (κ3) is 3.10. The van der Waals surface area contributed by atoms with Gasteiger partial charge in [0, 0.05) is 24.6 Å². The lowest BCUT2D eigenvalue weighted by Gasteiger charge is -2.30. The molecule has 1 heterocycles. The predicted molar refractivity (Wildman–Crippen MR) is 186 cm³/mol. The van der Waals surface area contributed by atoms with Crippen molar-refractivity contribution in [3.05, 3.63) is 166 Å². The normalized spacial score (nSPS) is 13.9. The van der Waals surface area contributed by atoms with Crippen LogP contribution in [0.3, 0.4) is 0 Å². The molecular formula is C41H23BrS. The molecule has 0 amide bonds. The first-order valence-electron chi connectivity index (χ1n) is 14.7. The van der Waals surface area contributed by atoms with Crippen LogP contribution < -0.4 is 0 Å². The van der Waals surface area contributed by atoms with Gasteiger partial charge >= 0.3 is 0 Å². The van der Waals surface area contributed by atoms with Gasteiger partial charge in [-0.05, 0) is 115 Å². The van der Waals surface area contributed by atoms with Crippen LogP contribution in [-0.2, 0) is 5.41 Å². The van der Waals surface area contributed by atoms with Gasteiger partial charge in [-0.1, -0.05) is 107 Å². The first-order chi connectivity index (χ1) is 21.2. The molecular weight excluding hydrogens is 604 g/mol. The SMILES string of the molecule is Brc1ccc2sc3ccc(-c4ccc5c(c4)-c4cc6ccccc6cc4C54c5ccccc5-c5ccccc54)cc3c2c1. The van der Waals surface area contributed by atoms with Crippen LogP contribution >= 0.6 is 27.3 Å². The van der Waals surface area contributed by atoms with E-state index >= 15 is 0 Å². The van der Waals surface area contributed by atoms with Crippen molar-refractivity contribution in [3.63, 3.8) is 0 Å². The van der Waals surface area contributed by atoms with Gasteiger partial charge in [0.15, 0.2) is 0 Å². The van der Waals surface area contributed by atoms with Crippen LogP contribution in [0.5, 0.6) is 0 Å². The minimum absolute atomic E-state index is 0.333. The average molecular weight is 628 g/mol. The van der Waals surface area contributed by atoms with Crippen LogP contribution in [0, 0.1) is 0 Å². The Morgan fingerprint density at radius 3 is 1.74 bits per heavy atom. The molecule has 200 valence electrons. The van der Waals surface area contributed by atoms with E-state index < -0.39 is 0 Å². The van der Waals surface area contributed by atoms with Crippen molar-refractivity contribution >= 4 is 58.2 Å². The van der Waals surface area contributed by atoms with E-state index in [1.54, 1.807) is 0 Å². The zero-order chi connectivity index (χ0) is 28.3. The van der Waals surface area contributed by atoms with E-state index in [4.69, 9.17) is 0 Å². The predicted octanol–water partition coefficient (Wildman–Crippen LogP) is 12.0. The summed E-state index contributed by atoms with van der Waals surface area (Å²) in [6, 6.07) is 52.6. The van der Waals surface area contributed by atoms with Crippen molar-refractivity contribution in [1.29, 1.82) is 0 Å². The second-order valence-electron chi connectivity index (χ2n) is 11.8. The van der Waals surface area contributed by atoms with Crippen molar-refractivity contribution < 1.29 is 0 Å². The largest absolute Gasteiger partial charge is 0.135 e. The van der Waals surface area contributed by atoms with E-state index in [2.05, 4.69) is 155 Å². The fourth-order valence-electron chi connectivity index (χ4n) is 7.94. The first-order valence-corrected chi connectivity index (χ1v) is 16.3. The Bertz CT molecular complexity index is 2430. The van der Waals surface area contributed by atoms with Crippen LogP contribution in [0.25, 0.3) is 64.3 Å². The number of rotatable bonds is 1. The van der Waals surface area contributed by atoms with Gasteiger partial charge in [-0.2, -0.15) is 0 Å². The van der Waals surface area contributed by atoms with Gasteiger partial charge in [-0.3, -0.25) is 0 Å². The Labute approximate surface area is 262 Å². The van der Waals surface area contributed by atoms with Crippen LogP contribution in [0.1, 0.15) is 22.3 Å². The molecule has 2 heteroatoms. The van der Waals surface area contributed by atoms with Crippen molar-refractivity contribution in [2.75, 3.05) is 0 Å². The highest BCUT2D eigenvalue weighted by Crippen LogP contribution is 2.63. The summed E-state index contributed by atoms with van der Waals surface area (Å²) in [6.45, 7) is 0. The number of benzene rings is 7. The Balaban J connectivity index is 1.28. The molecule has 0 fully saturated rings. The fraction of sp³-hybridized carbons (Fsp3) is 0.0244. The lowest BCUT2D eigenvalue weighted by atomic mass is 9.70. The van der Waals surface area contributed by atoms with Gasteiger partial charge in [0.05, 0.1) is 5.41 Å². The van der Waals surface area contributed by atoms with Gasteiger partial charge in [-0.25, -0.2) is 0 Å². The van der Waals surface area contributed by atoms with Crippen LogP contribution in [0.15, 0.2) is 144 Å². The molecule has 1 aromatic heterocycles. The van der Waals surface area contributed by atoms with Crippen LogP contribution in [0.4, 0.5) is 0 Å². The number of halogens is 1. The molecule has 0 saturated heterocycles. The van der Waals surface area contributed by atoms with Crippen molar-refractivity contribution in [2.24, 2.45) is 0 Å². The monoisotopic (exact) mass is 626 g/mol. The smallest absolute Gasteiger partial charge is 0.0725 e. The number of fused-ring (bicyclic) bond motifs is 14. The number of hydrogen-bond donors (Lipinski definition) is 0. The summed E-state index contributed by atoms with van der Waals surface area (Å²) in [5.41, 5.74) is 13.1. The molecule has 7 aromatic carbocycles. The van der Waals surface area contributed by atoms with Gasteiger partial charge in [-0.15, -0.1) is 11.3 Å². The highest BCUT2D eigenvalue weighted by Gasteiger charge is 2.51. The standard InChI is InChI=1S/C41H23BrS/c42-28-15-18-40-34(23-28)33-21-27(14-17-39(33)43-40)26-13-16-37-31(20-26)32-19-24-7-1-2-8-25(24)22-38(32)41(37)35-11-5-3-9-29(35)30-10-4-6-12-36(30)41/h1-23H. The van der Waals surface area contributed by atoms with Crippen LogP contribution in [0.2, 0.25) is 0 Å². The fourth-order valence-corrected chi connectivity index (χ4v) is 9.36. The Morgan fingerprint density at radius 1 is 0.419 bits per heavy atom. The highest BCUT2D eigenvalue weighted by atomic mass is 79.9. The second-order valence-corrected chi connectivity index (χ2v) is 13.8. The third-order valence-corrected chi connectivity index (χ3v) is 11.4. The maximum atomic E-state index is 3.69. The summed E-state index contributed by atoms with van der Waals surface area (Å²) >= 11 is 5.55. The quantitative estimate of drug-likeness (QED) is 0.170. The molecule has 0 nitrogen and oxygen atoms in total. The average Bonchev–Trinajstić information content (AvgIpc) is 3.66. The zero-order valence-electron chi connectivity index (χ0n) is 23.1. The molecule has 8 aromatic rings. The molecule has 1 spiro atoms. The molecule has 0 bridgehead atoms. The van der Waals surface area contributed by atoms with Crippen LogP contribution in [-0.4, -0.2) is 0 Å². The van der Waals surface area contributed by atoms with Gasteiger partial charge in [0.1, 0.15) is 0 Å². The molecule has 0 unspecified atom stereocenters. The van der Waals surface area contributed by atoms with E-state index in [1.807, 2.05) is 11.3 Å². The van der Waals surface area contributed by atoms with Gasteiger partial charge in [0.25, 0.3) is 0 Å². The molecule has 0 atom stereocenters. The molecule has 0 radical (unpaired) electrons. The maximum absolute atomic E-state index is 3.69. The van der Waals surface area contributed by atoms with E-state index in [0.717, 1.165) is 4.47 Å². The minimum atomic E-state index is -0.333. The summed E-state index contributed by atoms with van der Waals surface area (Å²) in [4.78, 5) is 0. The molecule has 0 aliphatic heterocycles. The number of thiophene rings is 1. The van der Waals surface area contributed by atoms with E-state index in [-0.39, 0.29) is 5.41 Å². The summed E-state index contributed by atoms with van der Waals surface area (Å²) in [6.07, 6.45) is 0. The molecule has 2 aliphatic rings. The van der Waals surface area contributed by atoms with Gasteiger partial charge < -0.3 is 0 Å². The lowest BCUT2D eigenvalue weighted by molar-refractivity contribution is 0.795. The molecule has 10 rings (SSSR count). The lowest BCUT2D eigenvalue weighted by Crippen LogP contribution is -2.25. The Kier molecular flexibility index (Phi) is 4.76. The topological polar surface area (TPSA) is 0 Å². The van der Waals surface area contributed by atoms with E-state index in [9.17, 15) is 0 Å². The summed E-state index contributed by atoms with van der Waals surface area (Å²) in [5, 5.41) is 5.20. The Hall–Kier alpha value is -4.50. The number of hydrogen-bond acceptors (Lipinski definition) is 1.